The fraction of sp³-hybridized carbons (Fsp3) is 0.440. The molecule has 1 saturated heterocycles. The molecule has 0 aliphatic carbocycles. The van der Waals surface area contributed by atoms with Crippen molar-refractivity contribution < 1.29 is 9.53 Å². The van der Waals surface area contributed by atoms with Gasteiger partial charge in [-0.05, 0) is 39.3 Å². The van der Waals surface area contributed by atoms with Crippen LogP contribution in [0.4, 0.5) is 28.8 Å². The Morgan fingerprint density at radius 3 is 2.84 bits per heavy atom. The quantitative estimate of drug-likeness (QED) is 0.286. The standard InChI is InChI=1S/C25H33N11O2/c1-16-6-5-7-35(16)15-22(37)29-18-10-21(17(2)26-11-18)31-23-20-13-27-25(32-24(20)34(3)33-23)30-19-12-28-36(14-19)8-9-38-4/h10-14,16H,5-9,15H2,1-4H3,(H,29,37)(H,31,33)(H,27,30,32). The van der Waals surface area contributed by atoms with Gasteiger partial charge >= 0.3 is 0 Å². The van der Waals surface area contributed by atoms with Crippen molar-refractivity contribution in [3.8, 4) is 0 Å². The highest BCUT2D eigenvalue weighted by molar-refractivity contribution is 5.93. The summed E-state index contributed by atoms with van der Waals surface area (Å²) in [5, 5.41) is 19.2. The number of pyridine rings is 1. The van der Waals surface area contributed by atoms with E-state index in [-0.39, 0.29) is 5.91 Å². The van der Waals surface area contributed by atoms with Crippen LogP contribution in [0.15, 0.2) is 30.9 Å². The first-order chi connectivity index (χ1) is 18.4. The van der Waals surface area contributed by atoms with E-state index in [4.69, 9.17) is 4.74 Å². The van der Waals surface area contributed by atoms with Crippen LogP contribution >= 0.6 is 0 Å². The summed E-state index contributed by atoms with van der Waals surface area (Å²) in [5.74, 6) is 0.991. The molecule has 1 aliphatic rings. The number of nitrogens with zero attached hydrogens (tertiary/aromatic N) is 8. The summed E-state index contributed by atoms with van der Waals surface area (Å²) in [6, 6.07) is 2.30. The minimum Gasteiger partial charge on any atom is -0.383 e. The van der Waals surface area contributed by atoms with Crippen molar-refractivity contribution in [3.63, 3.8) is 0 Å². The lowest BCUT2D eigenvalue weighted by Crippen LogP contribution is -2.35. The normalized spacial score (nSPS) is 15.7. The maximum Gasteiger partial charge on any atom is 0.238 e. The Morgan fingerprint density at radius 1 is 1.18 bits per heavy atom. The predicted molar refractivity (Wildman–Crippen MR) is 145 cm³/mol. The molecule has 0 aromatic carbocycles. The Kier molecular flexibility index (Phi) is 7.47. The van der Waals surface area contributed by atoms with E-state index in [0.29, 0.717) is 48.8 Å². The molecule has 0 bridgehead atoms. The van der Waals surface area contributed by atoms with Gasteiger partial charge in [-0.2, -0.15) is 15.2 Å². The number of ether oxygens (including phenoxy) is 1. The highest BCUT2D eigenvalue weighted by Crippen LogP contribution is 2.28. The molecule has 5 rings (SSSR count). The minimum atomic E-state index is -0.0451. The topological polar surface area (TPSA) is 140 Å². The fourth-order valence-corrected chi connectivity index (χ4v) is 4.52. The summed E-state index contributed by atoms with van der Waals surface area (Å²) >= 11 is 0. The molecular formula is C25H33N11O2. The summed E-state index contributed by atoms with van der Waals surface area (Å²) in [5.41, 5.74) is 3.58. The van der Waals surface area contributed by atoms with E-state index in [9.17, 15) is 4.79 Å². The molecule has 13 nitrogen and oxygen atoms in total. The highest BCUT2D eigenvalue weighted by Gasteiger charge is 2.22. The molecule has 4 aromatic heterocycles. The minimum absolute atomic E-state index is 0.0451. The zero-order valence-corrected chi connectivity index (χ0v) is 22.1. The van der Waals surface area contributed by atoms with Crippen molar-refractivity contribution >= 4 is 45.8 Å². The Labute approximate surface area is 220 Å². The number of carbonyl (C=O) groups is 1. The number of nitrogens with one attached hydrogen (secondary N) is 3. The summed E-state index contributed by atoms with van der Waals surface area (Å²) in [4.78, 5) is 28.4. The van der Waals surface area contributed by atoms with Gasteiger partial charge < -0.3 is 20.7 Å². The average Bonchev–Trinajstić information content (AvgIpc) is 3.59. The third kappa shape index (κ3) is 5.73. The van der Waals surface area contributed by atoms with E-state index in [2.05, 4.69) is 52.9 Å². The number of rotatable bonds is 10. The molecule has 0 saturated carbocycles. The van der Waals surface area contributed by atoms with Gasteiger partial charge in [-0.3, -0.25) is 19.4 Å². The molecule has 0 spiro atoms. The first-order valence-electron chi connectivity index (χ1n) is 12.7. The van der Waals surface area contributed by atoms with Crippen LogP contribution in [0, 0.1) is 6.92 Å². The van der Waals surface area contributed by atoms with Crippen molar-refractivity contribution in [1.82, 2.24) is 39.4 Å². The number of fused-ring (bicyclic) bond motifs is 1. The second-order valence-corrected chi connectivity index (χ2v) is 9.50. The summed E-state index contributed by atoms with van der Waals surface area (Å²) in [7, 11) is 3.49. The van der Waals surface area contributed by atoms with Crippen LogP contribution in [0.1, 0.15) is 25.5 Å². The van der Waals surface area contributed by atoms with Gasteiger partial charge in [0.25, 0.3) is 0 Å². The third-order valence-electron chi connectivity index (χ3n) is 6.66. The lowest BCUT2D eigenvalue weighted by molar-refractivity contribution is -0.117. The van der Waals surface area contributed by atoms with Crippen LogP contribution < -0.4 is 16.0 Å². The molecule has 1 fully saturated rings. The third-order valence-corrected chi connectivity index (χ3v) is 6.66. The zero-order valence-electron chi connectivity index (χ0n) is 22.1. The van der Waals surface area contributed by atoms with Crippen molar-refractivity contribution in [3.05, 3.63) is 36.5 Å². The van der Waals surface area contributed by atoms with Gasteiger partial charge in [0.1, 0.15) is 0 Å². The molecule has 4 aromatic rings. The Balaban J connectivity index is 1.29. The average molecular weight is 520 g/mol. The molecule has 0 radical (unpaired) electrons. The van der Waals surface area contributed by atoms with E-state index in [1.54, 1.807) is 35.1 Å². The first-order valence-corrected chi connectivity index (χ1v) is 12.7. The van der Waals surface area contributed by atoms with Crippen molar-refractivity contribution in [1.29, 1.82) is 0 Å². The molecule has 13 heteroatoms. The molecule has 38 heavy (non-hydrogen) atoms. The Hall–Kier alpha value is -4.10. The van der Waals surface area contributed by atoms with Crippen LogP contribution in [-0.4, -0.2) is 78.2 Å². The van der Waals surface area contributed by atoms with Crippen molar-refractivity contribution in [2.24, 2.45) is 7.05 Å². The van der Waals surface area contributed by atoms with Crippen LogP contribution in [0.5, 0.6) is 0 Å². The first kappa shape index (κ1) is 25.5. The van der Waals surface area contributed by atoms with Gasteiger partial charge in [0.2, 0.25) is 11.9 Å². The lowest BCUT2D eigenvalue weighted by Gasteiger charge is -2.20. The summed E-state index contributed by atoms with van der Waals surface area (Å²) in [6.45, 7) is 6.63. The molecule has 1 aliphatic heterocycles. The number of amides is 1. The highest BCUT2D eigenvalue weighted by atomic mass is 16.5. The number of aryl methyl sites for hydroxylation is 2. The van der Waals surface area contributed by atoms with E-state index in [0.717, 1.165) is 41.8 Å². The van der Waals surface area contributed by atoms with Gasteiger partial charge in [0, 0.05) is 32.6 Å². The molecule has 3 N–H and O–H groups in total. The molecule has 1 unspecified atom stereocenters. The number of methoxy groups -OCH3 is 1. The maximum absolute atomic E-state index is 12.6. The SMILES string of the molecule is COCCn1cc(Nc2ncc3c(Nc4cc(NC(=O)CN5CCCC5C)cnc4C)nn(C)c3n2)cn1. The van der Waals surface area contributed by atoms with Crippen LogP contribution in [0.2, 0.25) is 0 Å². The maximum atomic E-state index is 12.6. The molecule has 1 atom stereocenters. The Bertz CT molecular complexity index is 1430. The number of likely N-dealkylation sites (tertiary alicyclic amines) is 1. The summed E-state index contributed by atoms with van der Waals surface area (Å²) in [6.07, 6.45) is 9.24. The van der Waals surface area contributed by atoms with E-state index >= 15 is 0 Å². The molecule has 5 heterocycles. The number of carbonyl (C=O) groups excluding carboxylic acids is 1. The fourth-order valence-electron chi connectivity index (χ4n) is 4.52. The van der Waals surface area contributed by atoms with E-state index < -0.39 is 0 Å². The van der Waals surface area contributed by atoms with Gasteiger partial charge in [-0.15, -0.1) is 0 Å². The predicted octanol–water partition coefficient (Wildman–Crippen LogP) is 2.82. The second kappa shape index (κ2) is 11.1. The van der Waals surface area contributed by atoms with Crippen molar-refractivity contribution in [2.45, 2.75) is 39.3 Å². The second-order valence-electron chi connectivity index (χ2n) is 9.50. The molecule has 1 amide bonds. The number of aromatic nitrogens is 7. The number of hydrogen-bond donors (Lipinski definition) is 3. The van der Waals surface area contributed by atoms with Gasteiger partial charge in [-0.25, -0.2) is 9.67 Å². The van der Waals surface area contributed by atoms with Crippen LogP contribution in [-0.2, 0) is 23.1 Å². The number of anilines is 5. The number of hydrogen-bond acceptors (Lipinski definition) is 10. The van der Waals surface area contributed by atoms with Gasteiger partial charge in [0.05, 0.1) is 60.2 Å². The largest absolute Gasteiger partial charge is 0.383 e. The molecular weight excluding hydrogens is 486 g/mol. The summed E-state index contributed by atoms with van der Waals surface area (Å²) < 4.78 is 8.57. The monoisotopic (exact) mass is 519 g/mol. The molecule has 200 valence electrons. The van der Waals surface area contributed by atoms with Crippen LogP contribution in [0.25, 0.3) is 11.0 Å². The lowest BCUT2D eigenvalue weighted by atomic mass is 10.2. The Morgan fingerprint density at radius 2 is 2.05 bits per heavy atom. The van der Waals surface area contributed by atoms with E-state index in [1.165, 1.54) is 0 Å². The smallest absolute Gasteiger partial charge is 0.238 e. The van der Waals surface area contributed by atoms with Gasteiger partial charge in [0.15, 0.2) is 11.5 Å². The van der Waals surface area contributed by atoms with E-state index in [1.807, 2.05) is 26.2 Å². The van der Waals surface area contributed by atoms with Gasteiger partial charge in [-0.1, -0.05) is 0 Å². The zero-order chi connectivity index (χ0) is 26.6. The van der Waals surface area contributed by atoms with Crippen LogP contribution in [0.3, 0.4) is 0 Å². The van der Waals surface area contributed by atoms with Crippen molar-refractivity contribution in [2.75, 3.05) is 42.8 Å².